The highest BCUT2D eigenvalue weighted by molar-refractivity contribution is 8.18. The van der Waals surface area contributed by atoms with Crippen molar-refractivity contribution in [2.45, 2.75) is 6.54 Å². The molecule has 2 heterocycles. The van der Waals surface area contributed by atoms with Crippen LogP contribution in [0.1, 0.15) is 21.5 Å². The second-order valence-corrected chi connectivity index (χ2v) is 8.44. The number of nitrogens with zero attached hydrogens (tertiary/aromatic N) is 2. The number of aromatic carboxylic acids is 1. The molecule has 1 aromatic heterocycles. The van der Waals surface area contributed by atoms with Gasteiger partial charge in [0.25, 0.3) is 5.91 Å². The van der Waals surface area contributed by atoms with Gasteiger partial charge in [-0.3, -0.25) is 9.69 Å². The third-order valence-electron chi connectivity index (χ3n) is 4.57. The smallest absolute Gasteiger partial charge is 0.335 e. The molecule has 3 aromatic rings. The normalized spacial score (nSPS) is 16.3. The monoisotopic (exact) mass is 450 g/mol. The van der Waals surface area contributed by atoms with Gasteiger partial charge in [-0.2, -0.15) is 11.3 Å². The van der Waals surface area contributed by atoms with Crippen LogP contribution >= 0.6 is 23.1 Å². The first-order valence-electron chi connectivity index (χ1n) is 9.32. The fourth-order valence-corrected chi connectivity index (χ4v) is 4.56. The molecule has 31 heavy (non-hydrogen) atoms. The second-order valence-electron chi connectivity index (χ2n) is 6.65. The maximum Gasteiger partial charge on any atom is 0.335 e. The number of amidine groups is 1. The van der Waals surface area contributed by atoms with Gasteiger partial charge in [-0.15, -0.1) is 0 Å². The van der Waals surface area contributed by atoms with Crippen molar-refractivity contribution in [2.75, 3.05) is 7.11 Å². The first-order valence-corrected chi connectivity index (χ1v) is 11.1. The summed E-state index contributed by atoms with van der Waals surface area (Å²) in [5.74, 6) is -0.389. The summed E-state index contributed by atoms with van der Waals surface area (Å²) < 4.78 is 5.19. The molecule has 1 aliphatic heterocycles. The molecule has 156 valence electrons. The van der Waals surface area contributed by atoms with Gasteiger partial charge in [0.1, 0.15) is 5.75 Å². The number of rotatable bonds is 6. The topological polar surface area (TPSA) is 79.2 Å². The number of carboxylic acids is 1. The quantitative estimate of drug-likeness (QED) is 0.518. The van der Waals surface area contributed by atoms with Gasteiger partial charge in [0.05, 0.1) is 29.8 Å². The zero-order valence-corrected chi connectivity index (χ0v) is 18.2. The van der Waals surface area contributed by atoms with Crippen LogP contribution in [0.2, 0.25) is 0 Å². The molecule has 1 N–H and O–H groups in total. The number of benzene rings is 2. The van der Waals surface area contributed by atoms with E-state index in [0.717, 1.165) is 16.9 Å². The third kappa shape index (κ3) is 4.87. The van der Waals surface area contributed by atoms with E-state index in [0.29, 0.717) is 22.3 Å². The molecule has 2 aromatic carbocycles. The molecule has 1 amide bonds. The summed E-state index contributed by atoms with van der Waals surface area (Å²) in [6.45, 7) is 0.293. The van der Waals surface area contributed by atoms with E-state index in [-0.39, 0.29) is 11.5 Å². The minimum absolute atomic E-state index is 0.134. The lowest BCUT2D eigenvalue weighted by Crippen LogP contribution is -2.28. The molecule has 4 rings (SSSR count). The van der Waals surface area contributed by atoms with Crippen LogP contribution in [0.15, 0.2) is 75.3 Å². The molecule has 0 radical (unpaired) electrons. The van der Waals surface area contributed by atoms with Gasteiger partial charge in [0, 0.05) is 0 Å². The largest absolute Gasteiger partial charge is 0.497 e. The third-order valence-corrected chi connectivity index (χ3v) is 6.28. The van der Waals surface area contributed by atoms with E-state index in [1.54, 1.807) is 35.5 Å². The number of amides is 1. The van der Waals surface area contributed by atoms with Crippen LogP contribution in [0, 0.1) is 0 Å². The summed E-state index contributed by atoms with van der Waals surface area (Å²) in [4.78, 5) is 31.1. The minimum atomic E-state index is -0.984. The molecule has 1 aliphatic rings. The Hall–Kier alpha value is -3.36. The fraction of sp³-hybridized carbons (Fsp3) is 0.0870. The number of hydrogen-bond donors (Lipinski definition) is 1. The Bertz CT molecular complexity index is 1150. The molecule has 0 bridgehead atoms. The summed E-state index contributed by atoms with van der Waals surface area (Å²) in [6, 6.07) is 15.8. The summed E-state index contributed by atoms with van der Waals surface area (Å²) in [7, 11) is 1.60. The van der Waals surface area contributed by atoms with Crippen molar-refractivity contribution in [1.29, 1.82) is 0 Å². The molecular weight excluding hydrogens is 432 g/mol. The molecule has 0 unspecified atom stereocenters. The number of ether oxygens (including phenoxy) is 1. The molecule has 1 saturated heterocycles. The van der Waals surface area contributed by atoms with Crippen LogP contribution in [-0.4, -0.2) is 34.2 Å². The summed E-state index contributed by atoms with van der Waals surface area (Å²) in [5, 5.41) is 13.6. The number of hydrogen-bond acceptors (Lipinski definition) is 6. The Kier molecular flexibility index (Phi) is 6.20. The molecular formula is C23H18N2O4S2. The van der Waals surface area contributed by atoms with Crippen LogP contribution in [0.25, 0.3) is 6.08 Å². The maximum atomic E-state index is 13.2. The van der Waals surface area contributed by atoms with E-state index in [2.05, 4.69) is 4.99 Å². The molecule has 0 spiro atoms. The van der Waals surface area contributed by atoms with E-state index in [4.69, 9.17) is 9.84 Å². The molecule has 1 fully saturated rings. The lowest BCUT2D eigenvalue weighted by molar-refractivity contribution is -0.122. The van der Waals surface area contributed by atoms with Gasteiger partial charge >= 0.3 is 5.97 Å². The van der Waals surface area contributed by atoms with Crippen LogP contribution in [0.4, 0.5) is 5.69 Å². The highest BCUT2D eigenvalue weighted by Crippen LogP contribution is 2.35. The van der Waals surface area contributed by atoms with Crippen LogP contribution in [0.3, 0.4) is 0 Å². The Balaban J connectivity index is 1.66. The van der Waals surface area contributed by atoms with Crippen LogP contribution < -0.4 is 4.74 Å². The number of carboxylic acid groups (broad SMARTS) is 1. The number of aliphatic imine (C=N–C) groups is 1. The van der Waals surface area contributed by atoms with E-state index in [1.165, 1.54) is 23.9 Å². The lowest BCUT2D eigenvalue weighted by atomic mass is 10.1. The average Bonchev–Trinajstić information content (AvgIpc) is 3.39. The summed E-state index contributed by atoms with van der Waals surface area (Å²) in [6.07, 6.45) is 1.86. The zero-order valence-electron chi connectivity index (χ0n) is 16.5. The number of methoxy groups -OCH3 is 1. The van der Waals surface area contributed by atoms with Crippen molar-refractivity contribution in [2.24, 2.45) is 4.99 Å². The van der Waals surface area contributed by atoms with Gasteiger partial charge in [-0.25, -0.2) is 9.79 Å². The van der Waals surface area contributed by atoms with Gasteiger partial charge in [0.15, 0.2) is 5.17 Å². The number of carbonyl (C=O) groups excluding carboxylic acids is 1. The highest BCUT2D eigenvalue weighted by Gasteiger charge is 2.33. The van der Waals surface area contributed by atoms with E-state index in [9.17, 15) is 9.59 Å². The van der Waals surface area contributed by atoms with Crippen LogP contribution in [-0.2, 0) is 11.3 Å². The number of carbonyl (C=O) groups is 2. The molecule has 0 saturated carbocycles. The molecule has 0 aliphatic carbocycles. The first kappa shape index (κ1) is 20.9. The number of thioether (sulfide) groups is 1. The minimum Gasteiger partial charge on any atom is -0.497 e. The van der Waals surface area contributed by atoms with Gasteiger partial charge in [-0.1, -0.05) is 12.1 Å². The number of thiophene rings is 1. The summed E-state index contributed by atoms with van der Waals surface area (Å²) in [5.41, 5.74) is 2.70. The second kappa shape index (κ2) is 9.20. The molecule has 0 atom stereocenters. The molecule has 8 heteroatoms. The van der Waals surface area contributed by atoms with Gasteiger partial charge < -0.3 is 9.84 Å². The van der Waals surface area contributed by atoms with Crippen molar-refractivity contribution in [3.8, 4) is 5.75 Å². The van der Waals surface area contributed by atoms with Crippen molar-refractivity contribution < 1.29 is 19.4 Å². The maximum absolute atomic E-state index is 13.2. The predicted octanol–water partition coefficient (Wildman–Crippen LogP) is 5.26. The average molecular weight is 451 g/mol. The standard InChI is InChI=1S/C23H18N2O4S2/c1-29-19-8-6-18(7-9-19)24-23-25(13-15-2-4-17(5-3-15)22(27)28)21(26)20(31-23)12-16-10-11-30-14-16/h2-12,14H,13H2,1H3,(H,27,28)/b20-12-,24-23?. The Morgan fingerprint density at radius 1 is 1.13 bits per heavy atom. The van der Waals surface area contributed by atoms with E-state index in [1.807, 2.05) is 47.2 Å². The Morgan fingerprint density at radius 2 is 1.87 bits per heavy atom. The van der Waals surface area contributed by atoms with Gasteiger partial charge in [0.2, 0.25) is 0 Å². The summed E-state index contributed by atoms with van der Waals surface area (Å²) >= 11 is 2.89. The van der Waals surface area contributed by atoms with Gasteiger partial charge in [-0.05, 0) is 82.2 Å². The first-order chi connectivity index (χ1) is 15.0. The van der Waals surface area contributed by atoms with E-state index < -0.39 is 5.97 Å². The SMILES string of the molecule is COc1ccc(N=C2S/C(=C\c3ccsc3)C(=O)N2Cc2ccc(C(=O)O)cc2)cc1. The highest BCUT2D eigenvalue weighted by atomic mass is 32.2. The fourth-order valence-electron chi connectivity index (χ4n) is 2.94. The van der Waals surface area contributed by atoms with Crippen molar-refractivity contribution in [3.63, 3.8) is 0 Å². The van der Waals surface area contributed by atoms with Crippen molar-refractivity contribution in [3.05, 3.63) is 87.0 Å². The lowest BCUT2D eigenvalue weighted by Gasteiger charge is -2.16. The van der Waals surface area contributed by atoms with Crippen LogP contribution in [0.5, 0.6) is 5.75 Å². The van der Waals surface area contributed by atoms with E-state index >= 15 is 0 Å². The zero-order chi connectivity index (χ0) is 21.8. The molecule has 6 nitrogen and oxygen atoms in total. The Labute approximate surface area is 187 Å². The van der Waals surface area contributed by atoms with Crippen molar-refractivity contribution in [1.82, 2.24) is 4.90 Å². The van der Waals surface area contributed by atoms with Crippen molar-refractivity contribution >= 4 is 51.9 Å². The predicted molar refractivity (Wildman–Crippen MR) is 124 cm³/mol. The Morgan fingerprint density at radius 3 is 2.48 bits per heavy atom.